The SMILES string of the molecule is CCN(CCCO)c1ccc(Br)cn1. The van der Waals surface area contributed by atoms with Crippen LogP contribution in [0.1, 0.15) is 13.3 Å². The highest BCUT2D eigenvalue weighted by atomic mass is 79.9. The van der Waals surface area contributed by atoms with Crippen LogP contribution in [0.15, 0.2) is 22.8 Å². The maximum atomic E-state index is 8.75. The molecular weight excluding hydrogens is 244 g/mol. The van der Waals surface area contributed by atoms with Gasteiger partial charge >= 0.3 is 0 Å². The minimum atomic E-state index is 0.229. The van der Waals surface area contributed by atoms with Crippen LogP contribution in [0.5, 0.6) is 0 Å². The Morgan fingerprint density at radius 3 is 2.79 bits per heavy atom. The van der Waals surface area contributed by atoms with E-state index in [0.29, 0.717) is 0 Å². The molecule has 78 valence electrons. The molecule has 3 nitrogen and oxygen atoms in total. The molecule has 4 heteroatoms. The second-order valence-corrected chi connectivity index (χ2v) is 3.91. The summed E-state index contributed by atoms with van der Waals surface area (Å²) in [4.78, 5) is 6.44. The molecule has 0 fully saturated rings. The minimum absolute atomic E-state index is 0.229. The van der Waals surface area contributed by atoms with Gasteiger partial charge in [-0.15, -0.1) is 0 Å². The van der Waals surface area contributed by atoms with E-state index in [1.165, 1.54) is 0 Å². The number of anilines is 1. The highest BCUT2D eigenvalue weighted by Gasteiger charge is 2.03. The molecule has 0 radical (unpaired) electrons. The normalized spacial score (nSPS) is 10.2. The Kier molecular flexibility index (Phi) is 4.90. The van der Waals surface area contributed by atoms with Gasteiger partial charge in [-0.05, 0) is 41.4 Å². The predicted molar refractivity (Wildman–Crippen MR) is 61.5 cm³/mol. The Morgan fingerprint density at radius 2 is 2.29 bits per heavy atom. The van der Waals surface area contributed by atoms with Gasteiger partial charge in [0.1, 0.15) is 5.82 Å². The molecule has 0 bridgehead atoms. The van der Waals surface area contributed by atoms with E-state index in [1.54, 1.807) is 6.20 Å². The Balaban J connectivity index is 2.64. The number of hydrogen-bond acceptors (Lipinski definition) is 3. The van der Waals surface area contributed by atoms with Gasteiger partial charge in [0, 0.05) is 30.4 Å². The Hall–Kier alpha value is -0.610. The van der Waals surface area contributed by atoms with Crippen LogP contribution >= 0.6 is 15.9 Å². The first-order chi connectivity index (χ1) is 6.77. The lowest BCUT2D eigenvalue weighted by molar-refractivity contribution is 0.289. The van der Waals surface area contributed by atoms with Gasteiger partial charge in [0.2, 0.25) is 0 Å². The van der Waals surface area contributed by atoms with Crippen LogP contribution < -0.4 is 4.90 Å². The standard InChI is InChI=1S/C10H15BrN2O/c1-2-13(6-3-7-14)10-5-4-9(11)8-12-10/h4-5,8,14H,2-3,6-7H2,1H3. The average Bonchev–Trinajstić information content (AvgIpc) is 2.21. The molecule has 0 aromatic carbocycles. The molecule has 1 aromatic rings. The van der Waals surface area contributed by atoms with E-state index < -0.39 is 0 Å². The van der Waals surface area contributed by atoms with Crippen LogP contribution in [0.3, 0.4) is 0 Å². The van der Waals surface area contributed by atoms with Crippen LogP contribution in [0.4, 0.5) is 5.82 Å². The molecule has 0 aliphatic carbocycles. The summed E-state index contributed by atoms with van der Waals surface area (Å²) in [6, 6.07) is 3.95. The molecule has 1 aromatic heterocycles. The predicted octanol–water partition coefficient (Wildman–Crippen LogP) is 2.05. The van der Waals surface area contributed by atoms with E-state index in [-0.39, 0.29) is 6.61 Å². The average molecular weight is 259 g/mol. The number of aliphatic hydroxyl groups is 1. The number of aliphatic hydroxyl groups excluding tert-OH is 1. The van der Waals surface area contributed by atoms with Crippen LogP contribution in [-0.4, -0.2) is 29.8 Å². The lowest BCUT2D eigenvalue weighted by atomic mass is 10.3. The zero-order chi connectivity index (χ0) is 10.4. The van der Waals surface area contributed by atoms with Gasteiger partial charge in [-0.2, -0.15) is 0 Å². The first kappa shape index (κ1) is 11.5. The molecule has 0 unspecified atom stereocenters. The molecule has 0 saturated heterocycles. The van der Waals surface area contributed by atoms with Crippen molar-refractivity contribution in [2.24, 2.45) is 0 Å². The van der Waals surface area contributed by atoms with E-state index in [0.717, 1.165) is 29.8 Å². The molecule has 0 saturated carbocycles. The van der Waals surface area contributed by atoms with E-state index >= 15 is 0 Å². The lowest BCUT2D eigenvalue weighted by Gasteiger charge is -2.21. The molecular formula is C10H15BrN2O. The van der Waals surface area contributed by atoms with Gasteiger partial charge in [-0.3, -0.25) is 0 Å². The zero-order valence-electron chi connectivity index (χ0n) is 8.28. The molecule has 0 amide bonds. The molecule has 1 N–H and O–H groups in total. The molecule has 0 aliphatic heterocycles. The third-order valence-electron chi connectivity index (χ3n) is 2.00. The number of hydrogen-bond donors (Lipinski definition) is 1. The van der Waals surface area contributed by atoms with Crippen molar-refractivity contribution in [1.29, 1.82) is 0 Å². The quantitative estimate of drug-likeness (QED) is 0.879. The van der Waals surface area contributed by atoms with E-state index in [9.17, 15) is 0 Å². The number of pyridine rings is 1. The minimum Gasteiger partial charge on any atom is -0.396 e. The maximum Gasteiger partial charge on any atom is 0.128 e. The van der Waals surface area contributed by atoms with Gasteiger partial charge in [0.25, 0.3) is 0 Å². The van der Waals surface area contributed by atoms with Crippen LogP contribution in [0, 0.1) is 0 Å². The largest absolute Gasteiger partial charge is 0.396 e. The third-order valence-corrected chi connectivity index (χ3v) is 2.47. The highest BCUT2D eigenvalue weighted by Crippen LogP contribution is 2.14. The van der Waals surface area contributed by atoms with Gasteiger partial charge in [-0.1, -0.05) is 0 Å². The summed E-state index contributed by atoms with van der Waals surface area (Å²) in [6.45, 7) is 4.07. The summed E-state index contributed by atoms with van der Waals surface area (Å²) in [6.07, 6.45) is 2.57. The molecule has 0 aliphatic rings. The molecule has 0 spiro atoms. The number of rotatable bonds is 5. The van der Waals surface area contributed by atoms with Crippen LogP contribution in [0.25, 0.3) is 0 Å². The van der Waals surface area contributed by atoms with Crippen molar-refractivity contribution in [3.05, 3.63) is 22.8 Å². The zero-order valence-corrected chi connectivity index (χ0v) is 9.87. The monoisotopic (exact) mass is 258 g/mol. The summed E-state index contributed by atoms with van der Waals surface area (Å²) < 4.78 is 0.986. The molecule has 1 heterocycles. The topological polar surface area (TPSA) is 36.4 Å². The van der Waals surface area contributed by atoms with Gasteiger partial charge < -0.3 is 10.0 Å². The highest BCUT2D eigenvalue weighted by molar-refractivity contribution is 9.10. The number of halogens is 1. The van der Waals surface area contributed by atoms with E-state index in [2.05, 4.69) is 32.7 Å². The van der Waals surface area contributed by atoms with Crippen molar-refractivity contribution >= 4 is 21.7 Å². The Labute approximate surface area is 92.9 Å². The molecule has 14 heavy (non-hydrogen) atoms. The fraction of sp³-hybridized carbons (Fsp3) is 0.500. The van der Waals surface area contributed by atoms with E-state index in [4.69, 9.17) is 5.11 Å². The van der Waals surface area contributed by atoms with Gasteiger partial charge in [0.15, 0.2) is 0 Å². The Morgan fingerprint density at radius 1 is 1.50 bits per heavy atom. The van der Waals surface area contributed by atoms with Gasteiger partial charge in [0.05, 0.1) is 0 Å². The summed E-state index contributed by atoms with van der Waals surface area (Å²) >= 11 is 3.35. The first-order valence-electron chi connectivity index (χ1n) is 4.75. The van der Waals surface area contributed by atoms with Crippen LogP contribution in [0.2, 0.25) is 0 Å². The maximum absolute atomic E-state index is 8.75. The number of aromatic nitrogens is 1. The summed E-state index contributed by atoms with van der Waals surface area (Å²) in [5, 5.41) is 8.75. The van der Waals surface area contributed by atoms with Crippen molar-refractivity contribution in [3.63, 3.8) is 0 Å². The van der Waals surface area contributed by atoms with Crippen LogP contribution in [-0.2, 0) is 0 Å². The molecule has 0 atom stereocenters. The second-order valence-electron chi connectivity index (χ2n) is 2.99. The van der Waals surface area contributed by atoms with Crippen molar-refractivity contribution in [3.8, 4) is 0 Å². The molecule has 1 rings (SSSR count). The van der Waals surface area contributed by atoms with Crippen molar-refractivity contribution < 1.29 is 5.11 Å². The number of nitrogens with zero attached hydrogens (tertiary/aromatic N) is 2. The fourth-order valence-electron chi connectivity index (χ4n) is 1.25. The summed E-state index contributed by atoms with van der Waals surface area (Å²) in [5.74, 6) is 0.962. The second kappa shape index (κ2) is 5.98. The fourth-order valence-corrected chi connectivity index (χ4v) is 1.49. The van der Waals surface area contributed by atoms with Crippen molar-refractivity contribution in [1.82, 2.24) is 4.98 Å². The third kappa shape index (κ3) is 3.27. The van der Waals surface area contributed by atoms with Gasteiger partial charge in [-0.25, -0.2) is 4.98 Å². The van der Waals surface area contributed by atoms with Crippen molar-refractivity contribution in [2.45, 2.75) is 13.3 Å². The first-order valence-corrected chi connectivity index (χ1v) is 5.54. The van der Waals surface area contributed by atoms with E-state index in [1.807, 2.05) is 12.1 Å². The summed E-state index contributed by atoms with van der Waals surface area (Å²) in [5.41, 5.74) is 0. The Bertz CT molecular complexity index is 263. The lowest BCUT2D eigenvalue weighted by Crippen LogP contribution is -2.25. The smallest absolute Gasteiger partial charge is 0.128 e. The summed E-state index contributed by atoms with van der Waals surface area (Å²) in [7, 11) is 0. The van der Waals surface area contributed by atoms with Crippen molar-refractivity contribution in [2.75, 3.05) is 24.6 Å².